The molecule has 0 bridgehead atoms. The largest absolute Gasteiger partial charge is 0.416 e. The summed E-state index contributed by atoms with van der Waals surface area (Å²) in [5.74, 6) is -1.82. The van der Waals surface area contributed by atoms with E-state index in [1.807, 2.05) is 0 Å². The van der Waals surface area contributed by atoms with Crippen LogP contribution in [0.15, 0.2) is 42.5 Å². The highest BCUT2D eigenvalue weighted by atomic mass is 35.5. The molecule has 2 aromatic carbocycles. The number of nitrogens with one attached hydrogen (secondary N) is 1. The normalized spacial score (nSPS) is 19.9. The van der Waals surface area contributed by atoms with Crippen LogP contribution in [0, 0.1) is 11.7 Å². The number of hydrogen-bond donors (Lipinski definition) is 1. The van der Waals surface area contributed by atoms with Gasteiger partial charge in [0.25, 0.3) is 0 Å². The Kier molecular flexibility index (Phi) is 4.25. The van der Waals surface area contributed by atoms with E-state index in [1.54, 1.807) is 24.3 Å². The Balaban J connectivity index is 1.71. The molecule has 0 saturated heterocycles. The Labute approximate surface area is 140 Å². The molecule has 3 rings (SSSR count). The number of hydrogen-bond acceptors (Lipinski definition) is 1. The lowest BCUT2D eigenvalue weighted by atomic mass is 10.1. The van der Waals surface area contributed by atoms with Gasteiger partial charge in [0.05, 0.1) is 11.3 Å². The number of carbonyl (C=O) groups excluding carboxylic acids is 1. The quantitative estimate of drug-likeness (QED) is 0.748. The monoisotopic (exact) mass is 357 g/mol. The molecule has 1 saturated carbocycles. The molecule has 1 aliphatic rings. The van der Waals surface area contributed by atoms with Gasteiger partial charge in [-0.15, -0.1) is 0 Å². The summed E-state index contributed by atoms with van der Waals surface area (Å²) in [6, 6.07) is 8.94. The number of alkyl halides is 3. The Morgan fingerprint density at radius 3 is 2.42 bits per heavy atom. The maximum Gasteiger partial charge on any atom is 0.416 e. The molecule has 2 nitrogen and oxygen atoms in total. The molecule has 2 atom stereocenters. The Hall–Kier alpha value is -2.08. The van der Waals surface area contributed by atoms with Crippen LogP contribution in [-0.2, 0) is 11.0 Å². The van der Waals surface area contributed by atoms with Crippen molar-refractivity contribution in [1.29, 1.82) is 0 Å². The van der Waals surface area contributed by atoms with Crippen LogP contribution in [0.2, 0.25) is 5.02 Å². The van der Waals surface area contributed by atoms with E-state index < -0.39 is 29.2 Å². The van der Waals surface area contributed by atoms with E-state index in [0.717, 1.165) is 5.56 Å². The van der Waals surface area contributed by atoms with Gasteiger partial charge in [-0.2, -0.15) is 13.2 Å². The average molecular weight is 358 g/mol. The van der Waals surface area contributed by atoms with Crippen LogP contribution >= 0.6 is 11.6 Å². The van der Waals surface area contributed by atoms with Crippen molar-refractivity contribution >= 4 is 23.2 Å². The van der Waals surface area contributed by atoms with Crippen molar-refractivity contribution in [3.05, 3.63) is 64.4 Å². The van der Waals surface area contributed by atoms with Gasteiger partial charge in [-0.25, -0.2) is 4.39 Å². The second-order valence-corrected chi connectivity index (χ2v) is 6.12. The highest BCUT2D eigenvalue weighted by Gasteiger charge is 2.44. The third-order valence-electron chi connectivity index (χ3n) is 3.98. The number of rotatable bonds is 3. The smallest absolute Gasteiger partial charge is 0.323 e. The number of halogens is 5. The summed E-state index contributed by atoms with van der Waals surface area (Å²) in [5.41, 5.74) is -0.551. The molecule has 1 aliphatic carbocycles. The summed E-state index contributed by atoms with van der Waals surface area (Å²) < 4.78 is 51.7. The van der Waals surface area contributed by atoms with Crippen molar-refractivity contribution in [2.45, 2.75) is 18.5 Å². The van der Waals surface area contributed by atoms with Gasteiger partial charge in [0.1, 0.15) is 5.82 Å². The standard InChI is InChI=1S/C17H12ClF4NO/c18-11-4-1-9(2-5-11)12-8-13(12)16(24)23-15-7-10(17(20,21)22)3-6-14(15)19/h1-7,12-13H,8H2,(H,23,24)/t12-,13-/m0/s1. The maximum absolute atomic E-state index is 13.7. The topological polar surface area (TPSA) is 29.1 Å². The lowest BCUT2D eigenvalue weighted by Crippen LogP contribution is -2.16. The van der Waals surface area contributed by atoms with E-state index in [-0.39, 0.29) is 11.8 Å². The van der Waals surface area contributed by atoms with Crippen molar-refractivity contribution in [3.8, 4) is 0 Å². The van der Waals surface area contributed by atoms with Crippen molar-refractivity contribution in [2.24, 2.45) is 5.92 Å². The summed E-state index contributed by atoms with van der Waals surface area (Å²) in [5, 5.41) is 2.83. The number of benzene rings is 2. The summed E-state index contributed by atoms with van der Waals surface area (Å²) in [4.78, 5) is 12.2. The molecule has 0 aliphatic heterocycles. The molecular weight excluding hydrogens is 346 g/mol. The molecule has 1 fully saturated rings. The number of carbonyl (C=O) groups is 1. The zero-order chi connectivity index (χ0) is 17.5. The van der Waals surface area contributed by atoms with Crippen molar-refractivity contribution < 1.29 is 22.4 Å². The maximum atomic E-state index is 13.7. The lowest BCUT2D eigenvalue weighted by molar-refractivity contribution is -0.137. The van der Waals surface area contributed by atoms with E-state index in [0.29, 0.717) is 29.6 Å². The SMILES string of the molecule is O=C(Nc1cc(C(F)(F)F)ccc1F)[C@H]1C[C@H]1c1ccc(Cl)cc1. The number of anilines is 1. The van der Waals surface area contributed by atoms with Crippen molar-refractivity contribution in [3.63, 3.8) is 0 Å². The van der Waals surface area contributed by atoms with E-state index in [2.05, 4.69) is 5.32 Å². The van der Waals surface area contributed by atoms with E-state index in [9.17, 15) is 22.4 Å². The molecular formula is C17H12ClF4NO. The van der Waals surface area contributed by atoms with Gasteiger partial charge in [-0.05, 0) is 48.2 Å². The van der Waals surface area contributed by atoms with Gasteiger partial charge in [0, 0.05) is 10.9 Å². The highest BCUT2D eigenvalue weighted by molar-refractivity contribution is 6.30. The first kappa shape index (κ1) is 16.8. The molecule has 0 radical (unpaired) electrons. The van der Waals surface area contributed by atoms with Gasteiger partial charge in [0.2, 0.25) is 5.91 Å². The first-order chi connectivity index (χ1) is 11.3. The van der Waals surface area contributed by atoms with Crippen LogP contribution in [0.25, 0.3) is 0 Å². The molecule has 0 spiro atoms. The summed E-state index contributed by atoms with van der Waals surface area (Å²) in [6.07, 6.45) is -4.04. The second kappa shape index (κ2) is 6.09. The fourth-order valence-corrected chi connectivity index (χ4v) is 2.71. The van der Waals surface area contributed by atoms with Crippen LogP contribution in [0.4, 0.5) is 23.2 Å². The van der Waals surface area contributed by atoms with E-state index >= 15 is 0 Å². The zero-order valence-corrected chi connectivity index (χ0v) is 13.0. The van der Waals surface area contributed by atoms with Crippen LogP contribution in [0.1, 0.15) is 23.5 Å². The highest BCUT2D eigenvalue weighted by Crippen LogP contribution is 2.48. The molecule has 0 aromatic heterocycles. The second-order valence-electron chi connectivity index (χ2n) is 5.68. The molecule has 2 aromatic rings. The van der Waals surface area contributed by atoms with E-state index in [1.165, 1.54) is 0 Å². The predicted molar refractivity (Wildman–Crippen MR) is 82.3 cm³/mol. The van der Waals surface area contributed by atoms with Crippen molar-refractivity contribution in [2.75, 3.05) is 5.32 Å². The van der Waals surface area contributed by atoms with Gasteiger partial charge in [-0.1, -0.05) is 23.7 Å². The third-order valence-corrected chi connectivity index (χ3v) is 4.23. The Morgan fingerprint density at radius 2 is 1.79 bits per heavy atom. The zero-order valence-electron chi connectivity index (χ0n) is 12.2. The van der Waals surface area contributed by atoms with Crippen molar-refractivity contribution in [1.82, 2.24) is 0 Å². The minimum Gasteiger partial charge on any atom is -0.323 e. The van der Waals surface area contributed by atoms with Crippen LogP contribution in [0.3, 0.4) is 0 Å². The molecule has 0 heterocycles. The molecule has 7 heteroatoms. The van der Waals surface area contributed by atoms with E-state index in [4.69, 9.17) is 11.6 Å². The van der Waals surface area contributed by atoms with Crippen LogP contribution < -0.4 is 5.32 Å². The fourth-order valence-electron chi connectivity index (χ4n) is 2.59. The Morgan fingerprint density at radius 1 is 1.12 bits per heavy atom. The minimum atomic E-state index is -4.60. The third kappa shape index (κ3) is 3.53. The number of amides is 1. The predicted octanol–water partition coefficient (Wildman–Crippen LogP) is 5.24. The Bertz CT molecular complexity index is 773. The molecule has 24 heavy (non-hydrogen) atoms. The molecule has 1 amide bonds. The van der Waals surface area contributed by atoms with Gasteiger partial charge < -0.3 is 5.32 Å². The average Bonchev–Trinajstić information content (AvgIpc) is 3.29. The fraction of sp³-hybridized carbons (Fsp3) is 0.235. The summed E-state index contributed by atoms with van der Waals surface area (Å²) >= 11 is 5.80. The van der Waals surface area contributed by atoms with Gasteiger partial charge >= 0.3 is 6.18 Å². The lowest BCUT2D eigenvalue weighted by Gasteiger charge is -2.11. The van der Waals surface area contributed by atoms with Crippen LogP contribution in [0.5, 0.6) is 0 Å². The minimum absolute atomic E-state index is 0.0314. The van der Waals surface area contributed by atoms with Gasteiger partial charge in [-0.3, -0.25) is 4.79 Å². The molecule has 0 unspecified atom stereocenters. The molecule has 1 N–H and O–H groups in total. The first-order valence-electron chi connectivity index (χ1n) is 7.19. The van der Waals surface area contributed by atoms with Gasteiger partial charge in [0.15, 0.2) is 0 Å². The molecule has 126 valence electrons. The summed E-state index contributed by atoms with van der Waals surface area (Å²) in [6.45, 7) is 0. The first-order valence-corrected chi connectivity index (χ1v) is 7.56. The van der Waals surface area contributed by atoms with Crippen LogP contribution in [-0.4, -0.2) is 5.91 Å². The summed E-state index contributed by atoms with van der Waals surface area (Å²) in [7, 11) is 0.